The van der Waals surface area contributed by atoms with Crippen molar-refractivity contribution in [2.75, 3.05) is 18.0 Å². The molecule has 0 unspecified atom stereocenters. The van der Waals surface area contributed by atoms with Gasteiger partial charge in [0.05, 0.1) is 24.7 Å². The summed E-state index contributed by atoms with van der Waals surface area (Å²) in [4.78, 5) is 9.60. The number of hydrogen-bond acceptors (Lipinski definition) is 3. The maximum atomic E-state index is 14.6. The van der Waals surface area contributed by atoms with Gasteiger partial charge in [0.1, 0.15) is 17.5 Å². The second kappa shape index (κ2) is 7.17. The van der Waals surface area contributed by atoms with Gasteiger partial charge in [-0.05, 0) is 12.0 Å². The van der Waals surface area contributed by atoms with Gasteiger partial charge < -0.3 is 15.2 Å². The number of piperidine rings is 1. The predicted molar refractivity (Wildman–Crippen MR) is 101 cm³/mol. The molecule has 3 aromatic rings. The van der Waals surface area contributed by atoms with Gasteiger partial charge in [-0.15, -0.1) is 0 Å². The van der Waals surface area contributed by atoms with E-state index >= 15 is 0 Å². The number of halogens is 3. The van der Waals surface area contributed by atoms with E-state index in [1.807, 2.05) is 4.90 Å². The number of alkyl halides is 1. The van der Waals surface area contributed by atoms with Gasteiger partial charge in [-0.3, -0.25) is 0 Å². The Bertz CT molecular complexity index is 1050. The molecule has 4 rings (SSSR count). The van der Waals surface area contributed by atoms with E-state index in [0.29, 0.717) is 18.2 Å². The number of nitrogens with zero attached hydrogens (tertiary/aromatic N) is 4. The minimum absolute atomic E-state index is 0.182. The molecule has 2 N–H and O–H groups in total. The normalized spacial score (nSPS) is 19.8. The number of nitrogens with two attached hydrogens (primary N) is 1. The zero-order valence-electron chi connectivity index (χ0n) is 14.9. The highest BCUT2D eigenvalue weighted by atomic mass is 19.1. The first kappa shape index (κ1) is 18.3. The Morgan fingerprint density at radius 1 is 1.21 bits per heavy atom. The molecule has 5 nitrogen and oxygen atoms in total. The zero-order chi connectivity index (χ0) is 19.8. The van der Waals surface area contributed by atoms with Gasteiger partial charge >= 0.3 is 0 Å². The number of benzene rings is 2. The van der Waals surface area contributed by atoms with Crippen molar-refractivity contribution in [3.63, 3.8) is 0 Å². The molecular formula is C20H18F3N5. The minimum atomic E-state index is -1.09. The Morgan fingerprint density at radius 3 is 2.64 bits per heavy atom. The van der Waals surface area contributed by atoms with E-state index in [1.54, 1.807) is 28.8 Å². The van der Waals surface area contributed by atoms with Crippen LogP contribution in [0.25, 0.3) is 15.9 Å². The van der Waals surface area contributed by atoms with Gasteiger partial charge in [0.2, 0.25) is 5.95 Å². The van der Waals surface area contributed by atoms with E-state index in [9.17, 15) is 13.2 Å². The summed E-state index contributed by atoms with van der Waals surface area (Å²) in [6, 6.07) is 8.27. The van der Waals surface area contributed by atoms with E-state index in [-0.39, 0.29) is 30.5 Å². The van der Waals surface area contributed by atoms with Crippen LogP contribution in [0, 0.1) is 18.2 Å². The molecule has 144 valence electrons. The van der Waals surface area contributed by atoms with Crippen LogP contribution in [0.15, 0.2) is 36.4 Å². The lowest BCUT2D eigenvalue weighted by atomic mass is 10.1. The average molecular weight is 385 g/mol. The fourth-order valence-electron chi connectivity index (χ4n) is 3.56. The highest BCUT2D eigenvalue weighted by Gasteiger charge is 2.30. The Kier molecular flexibility index (Phi) is 4.69. The lowest BCUT2D eigenvalue weighted by Crippen LogP contribution is -2.50. The zero-order valence-corrected chi connectivity index (χ0v) is 14.9. The highest BCUT2D eigenvalue weighted by molar-refractivity contribution is 5.80. The highest BCUT2D eigenvalue weighted by Crippen LogP contribution is 2.29. The number of rotatable bonds is 3. The van der Waals surface area contributed by atoms with Crippen LogP contribution < -0.4 is 10.6 Å². The first-order valence-corrected chi connectivity index (χ1v) is 8.92. The molecule has 2 aromatic carbocycles. The molecule has 2 heterocycles. The van der Waals surface area contributed by atoms with Gasteiger partial charge in [0, 0.05) is 25.2 Å². The first-order chi connectivity index (χ1) is 13.5. The van der Waals surface area contributed by atoms with Gasteiger partial charge in [-0.25, -0.2) is 23.0 Å². The van der Waals surface area contributed by atoms with E-state index in [2.05, 4.69) is 9.83 Å². The van der Waals surface area contributed by atoms with Crippen molar-refractivity contribution in [3.05, 3.63) is 65.0 Å². The Hall–Kier alpha value is -3.05. The molecule has 0 spiro atoms. The van der Waals surface area contributed by atoms with Crippen molar-refractivity contribution in [1.82, 2.24) is 9.55 Å². The molecule has 0 aliphatic carbocycles. The van der Waals surface area contributed by atoms with Crippen LogP contribution in [0.3, 0.4) is 0 Å². The van der Waals surface area contributed by atoms with Crippen molar-refractivity contribution in [2.45, 2.75) is 25.2 Å². The predicted octanol–water partition coefficient (Wildman–Crippen LogP) is 3.79. The van der Waals surface area contributed by atoms with Gasteiger partial charge in [0.25, 0.3) is 0 Å². The average Bonchev–Trinajstić information content (AvgIpc) is 3.03. The van der Waals surface area contributed by atoms with Gasteiger partial charge in [-0.1, -0.05) is 24.3 Å². The number of anilines is 1. The molecule has 8 heteroatoms. The molecule has 1 aliphatic rings. The van der Waals surface area contributed by atoms with E-state index in [4.69, 9.17) is 12.3 Å². The largest absolute Gasteiger partial charge is 0.340 e. The van der Waals surface area contributed by atoms with Crippen molar-refractivity contribution in [1.29, 1.82) is 0 Å². The van der Waals surface area contributed by atoms with Crippen LogP contribution in [-0.2, 0) is 6.54 Å². The minimum Gasteiger partial charge on any atom is -0.340 e. The molecule has 1 fully saturated rings. The SMILES string of the molecule is [C-]#[N+]c1ccc(Cn2c(N3CC[C@@H](F)[C@H](N)C3)nc3cc(F)cc(F)c32)cc1. The Balaban J connectivity index is 1.80. The molecule has 0 amide bonds. The Morgan fingerprint density at radius 2 is 1.96 bits per heavy atom. The second-order valence-electron chi connectivity index (χ2n) is 6.95. The molecule has 0 bridgehead atoms. The lowest BCUT2D eigenvalue weighted by Gasteiger charge is -2.34. The first-order valence-electron chi connectivity index (χ1n) is 8.92. The number of hydrogen-bond donors (Lipinski definition) is 1. The molecule has 1 saturated heterocycles. The summed E-state index contributed by atoms with van der Waals surface area (Å²) in [5, 5.41) is 0. The third kappa shape index (κ3) is 3.29. The molecule has 0 saturated carbocycles. The molecule has 2 atom stereocenters. The third-order valence-electron chi connectivity index (χ3n) is 5.00. The van der Waals surface area contributed by atoms with E-state index < -0.39 is 23.8 Å². The van der Waals surface area contributed by atoms with Crippen molar-refractivity contribution in [2.24, 2.45) is 5.73 Å². The topological polar surface area (TPSA) is 51.4 Å². The van der Waals surface area contributed by atoms with E-state index in [0.717, 1.165) is 11.6 Å². The second-order valence-corrected chi connectivity index (χ2v) is 6.95. The van der Waals surface area contributed by atoms with Gasteiger partial charge in [0.15, 0.2) is 11.5 Å². The van der Waals surface area contributed by atoms with Crippen LogP contribution in [-0.4, -0.2) is 34.9 Å². The van der Waals surface area contributed by atoms with E-state index in [1.165, 1.54) is 6.07 Å². The maximum absolute atomic E-state index is 14.6. The molecule has 1 aromatic heterocycles. The number of fused-ring (bicyclic) bond motifs is 1. The van der Waals surface area contributed by atoms with Crippen molar-refractivity contribution in [3.8, 4) is 0 Å². The summed E-state index contributed by atoms with van der Waals surface area (Å²) >= 11 is 0. The summed E-state index contributed by atoms with van der Waals surface area (Å²) in [5.74, 6) is -0.992. The fourth-order valence-corrected chi connectivity index (χ4v) is 3.56. The molecule has 0 radical (unpaired) electrons. The number of aromatic nitrogens is 2. The standard InChI is InChI=1S/C20H18F3N5/c1-25-14-4-2-12(3-5-14)10-28-19-16(23)8-13(21)9-18(19)26-20(28)27-7-6-15(22)17(24)11-27/h2-5,8-9,15,17H,6-7,10-11,24H2/t15-,17-/m1/s1. The molecular weight excluding hydrogens is 367 g/mol. The lowest BCUT2D eigenvalue weighted by molar-refractivity contribution is 0.243. The molecule has 1 aliphatic heterocycles. The summed E-state index contributed by atoms with van der Waals surface area (Å²) in [6.07, 6.45) is -0.842. The van der Waals surface area contributed by atoms with Crippen LogP contribution in [0.5, 0.6) is 0 Å². The quantitative estimate of drug-likeness (QED) is 0.698. The number of imidazole rings is 1. The van der Waals surface area contributed by atoms with Crippen molar-refractivity contribution >= 4 is 22.7 Å². The van der Waals surface area contributed by atoms with Crippen LogP contribution in [0.1, 0.15) is 12.0 Å². The monoisotopic (exact) mass is 385 g/mol. The third-order valence-corrected chi connectivity index (χ3v) is 5.00. The summed E-state index contributed by atoms with van der Waals surface area (Å²) in [5.41, 5.74) is 7.59. The van der Waals surface area contributed by atoms with Crippen LogP contribution in [0.2, 0.25) is 0 Å². The van der Waals surface area contributed by atoms with Gasteiger partial charge in [-0.2, -0.15) is 0 Å². The maximum Gasteiger partial charge on any atom is 0.207 e. The summed E-state index contributed by atoms with van der Waals surface area (Å²) in [7, 11) is 0. The Labute approximate surface area is 160 Å². The van der Waals surface area contributed by atoms with Crippen LogP contribution in [0.4, 0.5) is 24.8 Å². The summed E-state index contributed by atoms with van der Waals surface area (Å²) in [6.45, 7) is 7.95. The fraction of sp³-hybridized carbons (Fsp3) is 0.300. The smallest absolute Gasteiger partial charge is 0.207 e. The molecule has 28 heavy (non-hydrogen) atoms. The van der Waals surface area contributed by atoms with Crippen LogP contribution >= 0.6 is 0 Å². The summed E-state index contributed by atoms with van der Waals surface area (Å²) < 4.78 is 43.8. The van der Waals surface area contributed by atoms with Crippen molar-refractivity contribution < 1.29 is 13.2 Å².